The standard InChI is InChI=1S/C60H56N2/c1-3-5-6-9-17-45(4-2)18-16-19-46-26-37-54(38-27-46)61(55-39-32-50(33-40-55)49-30-28-48(29-31-49)47-20-10-7-11-21-47)56-41-34-51(35-42-56)52-36-43-60-58(44-52)57-24-14-15-25-59(57)62(60)53-22-12-8-13-23-53/h3-10,12-17,19-20,22-26,28,30,32,34-39,41-46H,1-2,11,18,21,27,29,31,33,40H2/b6-5-,17-9+,19-16+. The highest BCUT2D eigenvalue weighted by molar-refractivity contribution is 6.10. The van der Waals surface area contributed by atoms with Gasteiger partial charge in [0.15, 0.2) is 0 Å². The number of rotatable bonds is 14. The van der Waals surface area contributed by atoms with E-state index in [0.29, 0.717) is 11.8 Å². The Kier molecular flexibility index (Phi) is 12.6. The molecular weight excluding hydrogens is 749 g/mol. The van der Waals surface area contributed by atoms with Crippen molar-refractivity contribution in [3.63, 3.8) is 0 Å². The molecule has 0 bridgehead atoms. The largest absolute Gasteiger partial charge is 0.315 e. The molecule has 0 radical (unpaired) electrons. The minimum absolute atomic E-state index is 0.305. The highest BCUT2D eigenvalue weighted by Crippen LogP contribution is 2.39. The van der Waals surface area contributed by atoms with Gasteiger partial charge in [-0.2, -0.15) is 0 Å². The van der Waals surface area contributed by atoms with Crippen LogP contribution in [0.1, 0.15) is 51.4 Å². The van der Waals surface area contributed by atoms with Crippen molar-refractivity contribution < 1.29 is 0 Å². The molecule has 2 atom stereocenters. The van der Waals surface area contributed by atoms with Gasteiger partial charge in [-0.1, -0.05) is 158 Å². The van der Waals surface area contributed by atoms with E-state index in [4.69, 9.17) is 0 Å². The maximum Gasteiger partial charge on any atom is 0.0541 e. The smallest absolute Gasteiger partial charge is 0.0541 e. The Hall–Kier alpha value is -6.90. The van der Waals surface area contributed by atoms with Crippen molar-refractivity contribution >= 4 is 27.5 Å². The molecule has 0 fully saturated rings. The van der Waals surface area contributed by atoms with Crippen LogP contribution in [0.2, 0.25) is 0 Å². The van der Waals surface area contributed by atoms with E-state index in [-0.39, 0.29) is 0 Å². The van der Waals surface area contributed by atoms with E-state index in [0.717, 1.165) is 51.4 Å². The number of para-hydroxylation sites is 2. The molecule has 2 nitrogen and oxygen atoms in total. The van der Waals surface area contributed by atoms with Crippen molar-refractivity contribution in [2.24, 2.45) is 11.8 Å². The van der Waals surface area contributed by atoms with Gasteiger partial charge in [-0.25, -0.2) is 0 Å². The summed E-state index contributed by atoms with van der Waals surface area (Å²) in [5, 5.41) is 2.54. The highest BCUT2D eigenvalue weighted by atomic mass is 15.2. The first kappa shape index (κ1) is 40.5. The van der Waals surface area contributed by atoms with Gasteiger partial charge in [0.25, 0.3) is 0 Å². The van der Waals surface area contributed by atoms with Crippen LogP contribution in [-0.4, -0.2) is 4.57 Å². The van der Waals surface area contributed by atoms with Gasteiger partial charge in [-0.3, -0.25) is 0 Å². The summed E-state index contributed by atoms with van der Waals surface area (Å²) in [5.41, 5.74) is 15.8. The second-order valence-electron chi connectivity index (χ2n) is 16.7. The summed E-state index contributed by atoms with van der Waals surface area (Å²) in [6.45, 7) is 7.81. The van der Waals surface area contributed by atoms with Gasteiger partial charge in [0, 0.05) is 33.5 Å². The van der Waals surface area contributed by atoms with Gasteiger partial charge in [0.05, 0.1) is 11.0 Å². The van der Waals surface area contributed by atoms with Crippen molar-refractivity contribution in [3.05, 3.63) is 253 Å². The van der Waals surface area contributed by atoms with Gasteiger partial charge in [0.1, 0.15) is 0 Å². The fraction of sp³-hybridized carbons (Fsp3) is 0.167. The van der Waals surface area contributed by atoms with E-state index >= 15 is 0 Å². The summed E-state index contributed by atoms with van der Waals surface area (Å²) in [6.07, 6.45) is 48.7. The molecule has 1 aromatic heterocycles. The molecule has 0 spiro atoms. The molecular formula is C60H56N2. The van der Waals surface area contributed by atoms with Crippen LogP contribution in [0, 0.1) is 11.8 Å². The number of nitrogens with zero attached hydrogens (tertiary/aromatic N) is 2. The predicted octanol–water partition coefficient (Wildman–Crippen LogP) is 16.3. The topological polar surface area (TPSA) is 8.17 Å². The molecule has 9 rings (SSSR count). The molecule has 0 saturated heterocycles. The third-order valence-corrected chi connectivity index (χ3v) is 12.7. The van der Waals surface area contributed by atoms with Gasteiger partial charge < -0.3 is 9.47 Å². The fourth-order valence-corrected chi connectivity index (χ4v) is 9.36. The number of anilines is 1. The Morgan fingerprint density at radius 2 is 1.40 bits per heavy atom. The predicted molar refractivity (Wildman–Crippen MR) is 267 cm³/mol. The maximum absolute atomic E-state index is 4.06. The molecule has 0 aliphatic heterocycles. The molecule has 0 saturated carbocycles. The van der Waals surface area contributed by atoms with Crippen LogP contribution in [0.4, 0.5) is 5.69 Å². The van der Waals surface area contributed by atoms with E-state index in [2.05, 4.69) is 205 Å². The van der Waals surface area contributed by atoms with Crippen molar-refractivity contribution in [1.29, 1.82) is 0 Å². The van der Waals surface area contributed by atoms with Crippen molar-refractivity contribution in [1.82, 2.24) is 4.57 Å². The first-order valence-corrected chi connectivity index (χ1v) is 22.5. The molecule has 4 aliphatic carbocycles. The number of aromatic nitrogens is 1. The van der Waals surface area contributed by atoms with Crippen molar-refractivity contribution in [2.75, 3.05) is 4.90 Å². The van der Waals surface area contributed by atoms with Crippen LogP contribution in [-0.2, 0) is 0 Å². The molecule has 306 valence electrons. The summed E-state index contributed by atoms with van der Waals surface area (Å²) in [5.74, 6) is 0.670. The molecule has 4 aliphatic rings. The zero-order valence-electron chi connectivity index (χ0n) is 35.8. The zero-order valence-corrected chi connectivity index (χ0v) is 35.8. The molecule has 2 heteroatoms. The monoisotopic (exact) mass is 804 g/mol. The molecule has 0 amide bonds. The highest BCUT2D eigenvalue weighted by Gasteiger charge is 2.22. The molecule has 2 unspecified atom stereocenters. The number of benzene rings is 4. The second kappa shape index (κ2) is 19.2. The van der Waals surface area contributed by atoms with Crippen LogP contribution >= 0.6 is 0 Å². The Morgan fingerprint density at radius 1 is 0.677 bits per heavy atom. The molecule has 4 aromatic carbocycles. The van der Waals surface area contributed by atoms with Gasteiger partial charge in [0.2, 0.25) is 0 Å². The van der Waals surface area contributed by atoms with Gasteiger partial charge in [-0.05, 0) is 151 Å². The van der Waals surface area contributed by atoms with Crippen LogP contribution < -0.4 is 4.90 Å². The number of hydrogen-bond donors (Lipinski definition) is 0. The Morgan fingerprint density at radius 3 is 2.10 bits per heavy atom. The first-order chi connectivity index (χ1) is 30.7. The average molecular weight is 805 g/mol. The first-order valence-electron chi connectivity index (χ1n) is 22.5. The van der Waals surface area contributed by atoms with E-state index in [1.807, 2.05) is 18.2 Å². The summed E-state index contributed by atoms with van der Waals surface area (Å²) in [4.78, 5) is 2.50. The van der Waals surface area contributed by atoms with Crippen LogP contribution in [0.15, 0.2) is 253 Å². The average Bonchev–Trinajstić information content (AvgIpc) is 3.67. The number of allylic oxidation sites excluding steroid dienone is 23. The lowest BCUT2D eigenvalue weighted by molar-refractivity contribution is 0.777. The summed E-state index contributed by atoms with van der Waals surface area (Å²) < 4.78 is 2.38. The maximum atomic E-state index is 4.06. The fourth-order valence-electron chi connectivity index (χ4n) is 9.36. The van der Waals surface area contributed by atoms with Crippen LogP contribution in [0.3, 0.4) is 0 Å². The van der Waals surface area contributed by atoms with E-state index in [1.54, 1.807) is 6.08 Å². The minimum Gasteiger partial charge on any atom is -0.315 e. The van der Waals surface area contributed by atoms with Gasteiger partial charge >= 0.3 is 0 Å². The number of fused-ring (bicyclic) bond motifs is 3. The summed E-state index contributed by atoms with van der Waals surface area (Å²) in [6, 6.07) is 35.6. The Labute approximate surface area is 368 Å². The quantitative estimate of drug-likeness (QED) is 0.0802. The number of hydrogen-bond acceptors (Lipinski definition) is 1. The minimum atomic E-state index is 0.305. The Bertz CT molecular complexity index is 2810. The van der Waals surface area contributed by atoms with Crippen molar-refractivity contribution in [3.8, 4) is 16.8 Å². The summed E-state index contributed by atoms with van der Waals surface area (Å²) >= 11 is 0. The lowest BCUT2D eigenvalue weighted by Crippen LogP contribution is -2.23. The SMILES string of the molecule is C=C/C=C\C=C\C(C=C)C/C=C/C1C=CC(N(C2=CC=C(C3=CC=C(C4=CC=CCC4)CC3)CC2)c2ccc(-c3ccc4c(c3)c3ccccc3n4-c3ccccc3)cc2)=CC1. The van der Waals surface area contributed by atoms with Crippen LogP contribution in [0.25, 0.3) is 38.6 Å². The third kappa shape index (κ3) is 8.92. The van der Waals surface area contributed by atoms with Crippen LogP contribution in [0.5, 0.6) is 0 Å². The molecule has 5 aromatic rings. The van der Waals surface area contributed by atoms with E-state index < -0.39 is 0 Å². The molecule has 62 heavy (non-hydrogen) atoms. The molecule has 1 heterocycles. The summed E-state index contributed by atoms with van der Waals surface area (Å²) in [7, 11) is 0. The second-order valence-corrected chi connectivity index (χ2v) is 16.7. The third-order valence-electron chi connectivity index (χ3n) is 12.7. The zero-order chi connectivity index (χ0) is 42.1. The van der Waals surface area contributed by atoms with E-state index in [1.165, 1.54) is 78.0 Å². The van der Waals surface area contributed by atoms with E-state index in [9.17, 15) is 0 Å². The normalized spacial score (nSPS) is 18.4. The van der Waals surface area contributed by atoms with Gasteiger partial charge in [-0.15, -0.1) is 6.58 Å². The lowest BCUT2D eigenvalue weighted by atomic mass is 9.84. The Balaban J connectivity index is 0.992. The lowest BCUT2D eigenvalue weighted by Gasteiger charge is -2.32. The molecule has 0 N–H and O–H groups in total. The van der Waals surface area contributed by atoms with Crippen molar-refractivity contribution in [2.45, 2.75) is 51.4 Å².